The standard InChI is InChI=1S/C16H19N3S/c1-11-8-9-14(10-11)18-19-16-17-15(12(2)20-16)13-6-4-3-5-7-13/h3-7,11H,8-10H2,1-2H3,(H,17,19)/b18-14+. The Kier molecular flexibility index (Phi) is 3.83. The van der Waals surface area contributed by atoms with Crippen LogP contribution in [0.15, 0.2) is 35.4 Å². The van der Waals surface area contributed by atoms with Crippen LogP contribution in [0, 0.1) is 12.8 Å². The van der Waals surface area contributed by atoms with Crippen molar-refractivity contribution in [2.75, 3.05) is 5.43 Å². The summed E-state index contributed by atoms with van der Waals surface area (Å²) < 4.78 is 0. The van der Waals surface area contributed by atoms with Gasteiger partial charge in [-0.15, -0.1) is 11.3 Å². The Balaban J connectivity index is 1.76. The maximum Gasteiger partial charge on any atom is 0.204 e. The highest BCUT2D eigenvalue weighted by atomic mass is 32.1. The Morgan fingerprint density at radius 2 is 2.10 bits per heavy atom. The van der Waals surface area contributed by atoms with Crippen molar-refractivity contribution in [3.63, 3.8) is 0 Å². The smallest absolute Gasteiger partial charge is 0.204 e. The van der Waals surface area contributed by atoms with Crippen LogP contribution < -0.4 is 5.43 Å². The van der Waals surface area contributed by atoms with Crippen LogP contribution in [0.25, 0.3) is 11.3 Å². The molecular formula is C16H19N3S. The number of hydrogen-bond acceptors (Lipinski definition) is 4. The molecular weight excluding hydrogens is 266 g/mol. The van der Waals surface area contributed by atoms with E-state index in [1.807, 2.05) is 18.2 Å². The number of aromatic nitrogens is 1. The number of benzene rings is 1. The molecule has 3 rings (SSSR count). The first-order valence-corrected chi connectivity index (χ1v) is 7.88. The van der Waals surface area contributed by atoms with Gasteiger partial charge < -0.3 is 0 Å². The zero-order chi connectivity index (χ0) is 13.9. The predicted molar refractivity (Wildman–Crippen MR) is 86.4 cm³/mol. The number of nitrogens with zero attached hydrogens (tertiary/aromatic N) is 2. The summed E-state index contributed by atoms with van der Waals surface area (Å²) in [6.07, 6.45) is 3.49. The molecule has 0 saturated heterocycles. The Hall–Kier alpha value is -1.68. The van der Waals surface area contributed by atoms with Crippen molar-refractivity contribution in [1.29, 1.82) is 0 Å². The summed E-state index contributed by atoms with van der Waals surface area (Å²) in [5, 5.41) is 5.39. The van der Waals surface area contributed by atoms with Crippen molar-refractivity contribution in [1.82, 2.24) is 4.98 Å². The molecule has 1 aliphatic rings. The minimum absolute atomic E-state index is 0.772. The average Bonchev–Trinajstić information content (AvgIpc) is 3.03. The number of rotatable bonds is 3. The van der Waals surface area contributed by atoms with Gasteiger partial charge in [0.05, 0.1) is 5.69 Å². The van der Waals surface area contributed by atoms with Crippen LogP contribution in [0.1, 0.15) is 31.1 Å². The molecule has 1 aromatic carbocycles. The van der Waals surface area contributed by atoms with E-state index in [1.54, 1.807) is 11.3 Å². The molecule has 1 N–H and O–H groups in total. The van der Waals surface area contributed by atoms with Crippen LogP contribution >= 0.6 is 11.3 Å². The lowest BCUT2D eigenvalue weighted by Crippen LogP contribution is -1.97. The molecule has 1 fully saturated rings. The second kappa shape index (κ2) is 5.75. The number of nitrogens with one attached hydrogen (secondary N) is 1. The normalized spacial score (nSPS) is 20.5. The summed E-state index contributed by atoms with van der Waals surface area (Å²) in [6, 6.07) is 10.3. The van der Waals surface area contributed by atoms with Gasteiger partial charge in [0, 0.05) is 16.2 Å². The molecule has 20 heavy (non-hydrogen) atoms. The summed E-state index contributed by atoms with van der Waals surface area (Å²) in [5.74, 6) is 0.772. The van der Waals surface area contributed by atoms with Gasteiger partial charge in [0.25, 0.3) is 0 Å². The molecule has 0 aliphatic heterocycles. The lowest BCUT2D eigenvalue weighted by Gasteiger charge is -1.98. The van der Waals surface area contributed by atoms with Gasteiger partial charge in [-0.05, 0) is 32.1 Å². The van der Waals surface area contributed by atoms with Gasteiger partial charge in [0.2, 0.25) is 5.13 Å². The van der Waals surface area contributed by atoms with Crippen molar-refractivity contribution in [3.8, 4) is 11.3 Å². The molecule has 1 aliphatic carbocycles. The molecule has 1 unspecified atom stereocenters. The third-order valence-corrected chi connectivity index (χ3v) is 4.54. The molecule has 1 saturated carbocycles. The first-order valence-electron chi connectivity index (χ1n) is 7.06. The highest BCUT2D eigenvalue weighted by molar-refractivity contribution is 7.15. The molecule has 1 aromatic heterocycles. The van der Waals surface area contributed by atoms with Gasteiger partial charge in [0.15, 0.2) is 0 Å². The number of anilines is 1. The number of aryl methyl sites for hydroxylation is 1. The molecule has 1 heterocycles. The third kappa shape index (κ3) is 2.90. The van der Waals surface area contributed by atoms with E-state index in [9.17, 15) is 0 Å². The quantitative estimate of drug-likeness (QED) is 0.829. The fourth-order valence-electron chi connectivity index (χ4n) is 2.56. The fraction of sp³-hybridized carbons (Fsp3) is 0.375. The molecule has 0 radical (unpaired) electrons. The second-order valence-electron chi connectivity index (χ2n) is 5.43. The lowest BCUT2D eigenvalue weighted by atomic mass is 10.1. The summed E-state index contributed by atoms with van der Waals surface area (Å²) in [6.45, 7) is 4.39. The van der Waals surface area contributed by atoms with Gasteiger partial charge in [-0.1, -0.05) is 37.3 Å². The van der Waals surface area contributed by atoms with E-state index >= 15 is 0 Å². The van der Waals surface area contributed by atoms with Gasteiger partial charge in [-0.2, -0.15) is 5.10 Å². The van der Waals surface area contributed by atoms with Gasteiger partial charge in [0.1, 0.15) is 0 Å². The molecule has 104 valence electrons. The minimum atomic E-state index is 0.772. The van der Waals surface area contributed by atoms with Crippen molar-refractivity contribution in [2.45, 2.75) is 33.1 Å². The molecule has 1 atom stereocenters. The van der Waals surface area contributed by atoms with Crippen LogP contribution in [0.2, 0.25) is 0 Å². The van der Waals surface area contributed by atoms with E-state index in [0.717, 1.165) is 35.1 Å². The van der Waals surface area contributed by atoms with E-state index in [4.69, 9.17) is 0 Å². The molecule has 2 aromatic rings. The Bertz CT molecular complexity index is 616. The molecule has 4 heteroatoms. The maximum atomic E-state index is 4.66. The van der Waals surface area contributed by atoms with Crippen molar-refractivity contribution >= 4 is 22.2 Å². The number of hydrogen-bond donors (Lipinski definition) is 1. The number of hydrazone groups is 1. The van der Waals surface area contributed by atoms with E-state index in [0.29, 0.717) is 0 Å². The first-order chi connectivity index (χ1) is 9.72. The van der Waals surface area contributed by atoms with Gasteiger partial charge in [-0.25, -0.2) is 4.98 Å². The molecule has 0 amide bonds. The minimum Gasteiger partial charge on any atom is -0.253 e. The monoisotopic (exact) mass is 285 g/mol. The second-order valence-corrected chi connectivity index (χ2v) is 6.63. The topological polar surface area (TPSA) is 37.3 Å². The third-order valence-electron chi connectivity index (χ3n) is 3.66. The molecule has 0 spiro atoms. The van der Waals surface area contributed by atoms with Crippen molar-refractivity contribution < 1.29 is 0 Å². The summed E-state index contributed by atoms with van der Waals surface area (Å²) in [5.41, 5.74) is 6.62. The van der Waals surface area contributed by atoms with Gasteiger partial charge in [-0.3, -0.25) is 5.43 Å². The van der Waals surface area contributed by atoms with E-state index < -0.39 is 0 Å². The fourth-order valence-corrected chi connectivity index (χ4v) is 3.33. The van der Waals surface area contributed by atoms with Crippen LogP contribution in [-0.4, -0.2) is 10.7 Å². The lowest BCUT2D eigenvalue weighted by molar-refractivity contribution is 0.623. The zero-order valence-corrected chi connectivity index (χ0v) is 12.7. The first kappa shape index (κ1) is 13.3. The maximum absolute atomic E-state index is 4.66. The van der Waals surface area contributed by atoms with E-state index in [-0.39, 0.29) is 0 Å². The highest BCUT2D eigenvalue weighted by Gasteiger charge is 2.16. The highest BCUT2D eigenvalue weighted by Crippen LogP contribution is 2.30. The Morgan fingerprint density at radius 1 is 1.30 bits per heavy atom. The molecule has 0 bridgehead atoms. The molecule has 3 nitrogen and oxygen atoms in total. The largest absolute Gasteiger partial charge is 0.253 e. The van der Waals surface area contributed by atoms with Crippen LogP contribution in [0.3, 0.4) is 0 Å². The van der Waals surface area contributed by atoms with Gasteiger partial charge >= 0.3 is 0 Å². The average molecular weight is 285 g/mol. The summed E-state index contributed by atoms with van der Waals surface area (Å²) >= 11 is 1.66. The van der Waals surface area contributed by atoms with Crippen LogP contribution in [-0.2, 0) is 0 Å². The van der Waals surface area contributed by atoms with Crippen LogP contribution in [0.5, 0.6) is 0 Å². The predicted octanol–water partition coefficient (Wildman–Crippen LogP) is 4.71. The van der Waals surface area contributed by atoms with Crippen LogP contribution in [0.4, 0.5) is 5.13 Å². The summed E-state index contributed by atoms with van der Waals surface area (Å²) in [7, 11) is 0. The van der Waals surface area contributed by atoms with Crippen molar-refractivity contribution in [2.24, 2.45) is 11.0 Å². The van der Waals surface area contributed by atoms with E-state index in [1.165, 1.54) is 17.0 Å². The Morgan fingerprint density at radius 3 is 2.80 bits per heavy atom. The number of thiazole rings is 1. The Labute approximate surface area is 123 Å². The van der Waals surface area contributed by atoms with E-state index in [2.05, 4.69) is 41.5 Å². The van der Waals surface area contributed by atoms with Crippen molar-refractivity contribution in [3.05, 3.63) is 35.2 Å². The zero-order valence-electron chi connectivity index (χ0n) is 11.9. The summed E-state index contributed by atoms with van der Waals surface area (Å²) in [4.78, 5) is 5.88. The SMILES string of the molecule is Cc1sc(N/N=C2\CCC(C)C2)nc1-c1ccccc1.